The van der Waals surface area contributed by atoms with Gasteiger partial charge in [0.05, 0.1) is 10.6 Å². The summed E-state index contributed by atoms with van der Waals surface area (Å²) in [4.78, 5) is 10.3. The molecule has 5 heteroatoms. The largest absolute Gasteiger partial charge is 0.477 e. The number of carboxylic acids is 1. The van der Waals surface area contributed by atoms with Crippen LogP contribution in [0.15, 0.2) is 18.2 Å². The number of hydrogen-bond acceptors (Lipinski definition) is 1. The lowest BCUT2D eigenvalue weighted by Gasteiger charge is -2.13. The summed E-state index contributed by atoms with van der Waals surface area (Å²) in [6.07, 6.45) is 4.99. The van der Waals surface area contributed by atoms with Crippen molar-refractivity contribution in [2.45, 2.75) is 5.92 Å². The molecule has 0 saturated carbocycles. The second-order valence-corrected chi connectivity index (χ2v) is 3.09. The number of terminal acetylenes is 1. The first-order valence-electron chi connectivity index (χ1n) is 3.78. The summed E-state index contributed by atoms with van der Waals surface area (Å²) in [6.45, 7) is 0. The summed E-state index contributed by atoms with van der Waals surface area (Å²) in [5, 5.41) is 8.27. The lowest BCUT2D eigenvalue weighted by molar-refractivity contribution is -0.166. The Hall–Kier alpha value is -1.60. The molecule has 1 aromatic carbocycles. The molecule has 0 radical (unpaired) electrons. The number of alkyl halides is 2. The second-order valence-electron chi connectivity index (χ2n) is 2.69. The van der Waals surface area contributed by atoms with E-state index in [1.165, 1.54) is 12.1 Å². The molecule has 1 rings (SSSR count). The van der Waals surface area contributed by atoms with Gasteiger partial charge in [-0.15, -0.1) is 6.42 Å². The van der Waals surface area contributed by atoms with Gasteiger partial charge in [0, 0.05) is 5.56 Å². The predicted molar refractivity (Wildman–Crippen MR) is 50.9 cm³/mol. The van der Waals surface area contributed by atoms with Crippen molar-refractivity contribution in [2.24, 2.45) is 0 Å². The Labute approximate surface area is 89.5 Å². The van der Waals surface area contributed by atoms with Gasteiger partial charge in [0.1, 0.15) is 0 Å². The molecule has 0 aliphatic rings. The average Bonchev–Trinajstić information content (AvgIpc) is 2.17. The molecule has 0 saturated heterocycles. The van der Waals surface area contributed by atoms with Gasteiger partial charge in [0.25, 0.3) is 0 Å². The zero-order valence-electron chi connectivity index (χ0n) is 7.30. The molecule has 1 aromatic rings. The Bertz CT molecular complexity index is 449. The van der Waals surface area contributed by atoms with Crippen LogP contribution in [0.3, 0.4) is 0 Å². The standard InChI is InChI=1S/C10H5ClF2O2/c1-2-6-7(4-3-5-8(6)11)10(12,13)9(14)15/h1,3-5H,(H,14,15). The van der Waals surface area contributed by atoms with Crippen molar-refractivity contribution in [1.82, 2.24) is 0 Å². The van der Waals surface area contributed by atoms with Crippen LogP contribution in [0.25, 0.3) is 0 Å². The van der Waals surface area contributed by atoms with E-state index < -0.39 is 17.5 Å². The Morgan fingerprint density at radius 2 is 2.13 bits per heavy atom. The lowest BCUT2D eigenvalue weighted by Crippen LogP contribution is -2.26. The fourth-order valence-electron chi connectivity index (χ4n) is 1.05. The number of benzene rings is 1. The topological polar surface area (TPSA) is 37.3 Å². The minimum Gasteiger partial charge on any atom is -0.477 e. The molecule has 1 N–H and O–H groups in total. The van der Waals surface area contributed by atoms with Crippen LogP contribution in [0.4, 0.5) is 8.78 Å². The molecule has 0 aliphatic heterocycles. The maximum absolute atomic E-state index is 13.2. The lowest BCUT2D eigenvalue weighted by atomic mass is 10.0. The van der Waals surface area contributed by atoms with Crippen LogP contribution in [0.2, 0.25) is 5.02 Å². The third-order valence-electron chi connectivity index (χ3n) is 1.76. The third-order valence-corrected chi connectivity index (χ3v) is 2.08. The van der Waals surface area contributed by atoms with Crippen molar-refractivity contribution < 1.29 is 18.7 Å². The van der Waals surface area contributed by atoms with E-state index in [0.29, 0.717) is 0 Å². The van der Waals surface area contributed by atoms with Crippen LogP contribution in [-0.2, 0) is 10.7 Å². The smallest absolute Gasteiger partial charge is 0.379 e. The van der Waals surface area contributed by atoms with Gasteiger partial charge in [-0.1, -0.05) is 29.7 Å². The summed E-state index contributed by atoms with van der Waals surface area (Å²) >= 11 is 5.57. The quantitative estimate of drug-likeness (QED) is 0.793. The molecule has 78 valence electrons. The summed E-state index contributed by atoms with van der Waals surface area (Å²) < 4.78 is 26.3. The zero-order valence-corrected chi connectivity index (χ0v) is 8.05. The Morgan fingerprint density at radius 1 is 1.53 bits per heavy atom. The Balaban J connectivity index is 3.46. The molecule has 0 fully saturated rings. The number of hydrogen-bond donors (Lipinski definition) is 1. The van der Waals surface area contributed by atoms with Crippen LogP contribution >= 0.6 is 11.6 Å². The molecular weight excluding hydrogens is 226 g/mol. The normalized spacial score (nSPS) is 10.8. The van der Waals surface area contributed by atoms with E-state index in [1.54, 1.807) is 0 Å². The first-order chi connectivity index (χ1) is 6.91. The molecule has 2 nitrogen and oxygen atoms in total. The van der Waals surface area contributed by atoms with E-state index in [0.717, 1.165) is 6.07 Å². The van der Waals surface area contributed by atoms with Crippen LogP contribution in [0, 0.1) is 12.3 Å². The first kappa shape index (κ1) is 11.5. The van der Waals surface area contributed by atoms with Gasteiger partial charge in [-0.25, -0.2) is 4.79 Å². The van der Waals surface area contributed by atoms with Gasteiger partial charge in [-0.05, 0) is 6.07 Å². The van der Waals surface area contributed by atoms with Gasteiger partial charge in [0.15, 0.2) is 0 Å². The first-order valence-corrected chi connectivity index (χ1v) is 4.16. The maximum Gasteiger partial charge on any atom is 0.379 e. The number of carbonyl (C=O) groups is 1. The molecule has 0 aliphatic carbocycles. The van der Waals surface area contributed by atoms with E-state index in [9.17, 15) is 13.6 Å². The number of rotatable bonds is 2. The van der Waals surface area contributed by atoms with Crippen LogP contribution in [-0.4, -0.2) is 11.1 Å². The summed E-state index contributed by atoms with van der Waals surface area (Å²) in [7, 11) is 0. The fourth-order valence-corrected chi connectivity index (χ4v) is 1.28. The molecule has 0 unspecified atom stereocenters. The van der Waals surface area contributed by atoms with Crippen molar-refractivity contribution in [3.8, 4) is 12.3 Å². The average molecular weight is 231 g/mol. The third kappa shape index (κ3) is 1.92. The van der Waals surface area contributed by atoms with E-state index in [2.05, 4.69) is 0 Å². The summed E-state index contributed by atoms with van der Waals surface area (Å²) in [5.41, 5.74) is -1.07. The van der Waals surface area contributed by atoms with Gasteiger partial charge < -0.3 is 5.11 Å². The van der Waals surface area contributed by atoms with Crippen molar-refractivity contribution in [3.63, 3.8) is 0 Å². The monoisotopic (exact) mass is 230 g/mol. The molecule has 15 heavy (non-hydrogen) atoms. The molecule has 0 amide bonds. The Morgan fingerprint density at radius 3 is 2.60 bits per heavy atom. The van der Waals surface area contributed by atoms with Gasteiger partial charge in [-0.3, -0.25) is 0 Å². The highest BCUT2D eigenvalue weighted by Gasteiger charge is 2.43. The van der Waals surface area contributed by atoms with E-state index >= 15 is 0 Å². The van der Waals surface area contributed by atoms with Crippen molar-refractivity contribution in [2.75, 3.05) is 0 Å². The van der Waals surface area contributed by atoms with Crippen molar-refractivity contribution in [3.05, 3.63) is 34.3 Å². The summed E-state index contributed by atoms with van der Waals surface area (Å²) in [5.74, 6) is -4.35. The molecule has 0 atom stereocenters. The molecule has 0 spiro atoms. The van der Waals surface area contributed by atoms with Gasteiger partial charge >= 0.3 is 11.9 Å². The second kappa shape index (κ2) is 3.87. The van der Waals surface area contributed by atoms with Gasteiger partial charge in [-0.2, -0.15) is 8.78 Å². The zero-order chi connectivity index (χ0) is 11.6. The van der Waals surface area contributed by atoms with Gasteiger partial charge in [0.2, 0.25) is 0 Å². The number of aliphatic carboxylic acids is 1. The van der Waals surface area contributed by atoms with E-state index in [4.69, 9.17) is 23.1 Å². The molecular formula is C10H5ClF2O2. The van der Waals surface area contributed by atoms with E-state index in [-0.39, 0.29) is 10.6 Å². The Kier molecular flexibility index (Phi) is 2.96. The SMILES string of the molecule is C#Cc1c(Cl)cccc1C(F)(F)C(=O)O. The maximum atomic E-state index is 13.2. The molecule has 0 bridgehead atoms. The highest BCUT2D eigenvalue weighted by molar-refractivity contribution is 6.31. The fraction of sp³-hybridized carbons (Fsp3) is 0.100. The summed E-state index contributed by atoms with van der Waals surface area (Å²) in [6, 6.07) is 3.47. The van der Waals surface area contributed by atoms with E-state index in [1.807, 2.05) is 5.92 Å². The number of halogens is 3. The van der Waals surface area contributed by atoms with Crippen LogP contribution < -0.4 is 0 Å². The highest BCUT2D eigenvalue weighted by Crippen LogP contribution is 2.33. The predicted octanol–water partition coefficient (Wildman–Crippen LogP) is 2.50. The molecule has 0 heterocycles. The van der Waals surface area contributed by atoms with Crippen LogP contribution in [0.5, 0.6) is 0 Å². The minimum absolute atomic E-state index is 0.0732. The van der Waals surface area contributed by atoms with Crippen LogP contribution in [0.1, 0.15) is 11.1 Å². The highest BCUT2D eigenvalue weighted by atomic mass is 35.5. The number of carboxylic acid groups (broad SMARTS) is 1. The minimum atomic E-state index is -4.04. The van der Waals surface area contributed by atoms with Crippen molar-refractivity contribution >= 4 is 17.6 Å². The molecule has 0 aromatic heterocycles. The van der Waals surface area contributed by atoms with Crippen molar-refractivity contribution in [1.29, 1.82) is 0 Å².